The molecular formula is C33H31ClF4N6O4. The van der Waals surface area contributed by atoms with Gasteiger partial charge in [-0.15, -0.1) is 0 Å². The fourth-order valence-electron chi connectivity index (χ4n) is 6.32. The second kappa shape index (κ2) is 12.3. The monoisotopic (exact) mass is 686 g/mol. The van der Waals surface area contributed by atoms with Gasteiger partial charge in [0.05, 0.1) is 24.8 Å². The number of ether oxygens (including phenoxy) is 3. The van der Waals surface area contributed by atoms with Crippen molar-refractivity contribution in [1.29, 1.82) is 0 Å². The Morgan fingerprint density at radius 1 is 1.10 bits per heavy atom. The van der Waals surface area contributed by atoms with Crippen molar-refractivity contribution >= 4 is 22.8 Å². The third-order valence-corrected chi connectivity index (χ3v) is 9.09. The summed E-state index contributed by atoms with van der Waals surface area (Å²) in [6.45, 7) is 6.17. The zero-order chi connectivity index (χ0) is 33.8. The molecule has 3 aromatic heterocycles. The molecule has 15 heteroatoms. The van der Waals surface area contributed by atoms with E-state index in [2.05, 4.69) is 24.5 Å². The van der Waals surface area contributed by atoms with Crippen molar-refractivity contribution in [3.05, 3.63) is 82.3 Å². The SMILES string of the molecule is CO[C@@H](C)Cn1c(CN2CCC(c3cccc4c3OC(C)(c3ccc(Cl)cc3F)O4)CC2)nc2cc(-c3noc(C(F)(F)F)n3)cnc21. The van der Waals surface area contributed by atoms with E-state index in [1.807, 2.05) is 29.7 Å². The van der Waals surface area contributed by atoms with Crippen molar-refractivity contribution in [3.8, 4) is 22.9 Å². The van der Waals surface area contributed by atoms with Crippen molar-refractivity contribution < 1.29 is 36.3 Å². The number of hydrogen-bond donors (Lipinski definition) is 0. The highest BCUT2D eigenvalue weighted by molar-refractivity contribution is 6.30. The van der Waals surface area contributed by atoms with Gasteiger partial charge in [0.15, 0.2) is 17.1 Å². The Kier molecular flexibility index (Phi) is 8.28. The van der Waals surface area contributed by atoms with Crippen LogP contribution in [0, 0.1) is 5.82 Å². The van der Waals surface area contributed by atoms with Crippen LogP contribution in [0.25, 0.3) is 22.6 Å². The first-order valence-electron chi connectivity index (χ1n) is 15.4. The van der Waals surface area contributed by atoms with Gasteiger partial charge in [-0.25, -0.2) is 14.4 Å². The fourth-order valence-corrected chi connectivity index (χ4v) is 6.48. The van der Waals surface area contributed by atoms with Gasteiger partial charge < -0.3 is 23.3 Å². The van der Waals surface area contributed by atoms with Crippen LogP contribution in [0.5, 0.6) is 11.5 Å². The molecule has 2 aliphatic rings. The largest absolute Gasteiger partial charge is 0.471 e. The molecular weight excluding hydrogens is 656 g/mol. The van der Waals surface area contributed by atoms with Crippen LogP contribution in [0.4, 0.5) is 17.6 Å². The fraction of sp³-hybridized carbons (Fsp3) is 0.394. The number of rotatable bonds is 8. The van der Waals surface area contributed by atoms with Crippen LogP contribution < -0.4 is 9.47 Å². The Bertz CT molecular complexity index is 1980. The molecule has 5 aromatic rings. The maximum atomic E-state index is 14.9. The summed E-state index contributed by atoms with van der Waals surface area (Å²) < 4.78 is 78.3. The molecule has 1 unspecified atom stereocenters. The number of aromatic nitrogens is 5. The Hall–Kier alpha value is -4.27. The van der Waals surface area contributed by atoms with E-state index in [1.54, 1.807) is 32.2 Å². The van der Waals surface area contributed by atoms with Crippen molar-refractivity contribution in [2.75, 3.05) is 20.2 Å². The van der Waals surface area contributed by atoms with E-state index in [0.717, 1.165) is 37.3 Å². The Morgan fingerprint density at radius 2 is 1.90 bits per heavy atom. The van der Waals surface area contributed by atoms with E-state index in [0.29, 0.717) is 40.8 Å². The lowest BCUT2D eigenvalue weighted by Gasteiger charge is -2.32. The van der Waals surface area contributed by atoms with E-state index < -0.39 is 23.7 Å². The number of nitrogens with zero attached hydrogens (tertiary/aromatic N) is 6. The number of benzene rings is 2. The van der Waals surface area contributed by atoms with Crippen LogP contribution in [-0.4, -0.2) is 55.9 Å². The van der Waals surface area contributed by atoms with Gasteiger partial charge in [-0.3, -0.25) is 4.90 Å². The van der Waals surface area contributed by atoms with Crippen molar-refractivity contribution in [1.82, 2.24) is 29.6 Å². The number of piperidine rings is 1. The van der Waals surface area contributed by atoms with Crippen molar-refractivity contribution in [3.63, 3.8) is 0 Å². The Labute approximate surface area is 277 Å². The number of imidazole rings is 1. The molecule has 10 nitrogen and oxygen atoms in total. The summed E-state index contributed by atoms with van der Waals surface area (Å²) in [6.07, 6.45) is -1.81. The number of fused-ring (bicyclic) bond motifs is 2. The first-order chi connectivity index (χ1) is 22.9. The Balaban J connectivity index is 1.09. The number of hydrogen-bond acceptors (Lipinski definition) is 9. The van der Waals surface area contributed by atoms with Crippen LogP contribution in [0.15, 0.2) is 53.2 Å². The minimum absolute atomic E-state index is 0.144. The minimum Gasteiger partial charge on any atom is -0.444 e. The molecule has 0 saturated carbocycles. The number of methoxy groups -OCH3 is 1. The van der Waals surface area contributed by atoms with Gasteiger partial charge in [0.25, 0.3) is 5.79 Å². The lowest BCUT2D eigenvalue weighted by Crippen LogP contribution is -2.34. The highest BCUT2D eigenvalue weighted by Crippen LogP contribution is 2.50. The van der Waals surface area contributed by atoms with E-state index in [4.69, 9.17) is 30.8 Å². The highest BCUT2D eigenvalue weighted by atomic mass is 35.5. The molecule has 0 radical (unpaired) electrons. The molecule has 0 bridgehead atoms. The summed E-state index contributed by atoms with van der Waals surface area (Å²) in [7, 11) is 1.62. The molecule has 2 atom stereocenters. The maximum Gasteiger partial charge on any atom is 0.471 e. The molecule has 2 aromatic carbocycles. The minimum atomic E-state index is -4.75. The summed E-state index contributed by atoms with van der Waals surface area (Å²) in [5.74, 6) is -1.36. The maximum absolute atomic E-state index is 14.9. The van der Waals surface area contributed by atoms with E-state index in [9.17, 15) is 17.6 Å². The van der Waals surface area contributed by atoms with E-state index in [1.165, 1.54) is 12.3 Å². The first-order valence-corrected chi connectivity index (χ1v) is 15.8. The van der Waals surface area contributed by atoms with Crippen molar-refractivity contribution in [2.45, 2.75) is 63.8 Å². The predicted molar refractivity (Wildman–Crippen MR) is 166 cm³/mol. The molecule has 1 saturated heterocycles. The van der Waals surface area contributed by atoms with Crippen LogP contribution in [0.1, 0.15) is 55.4 Å². The normalized spacial score (nSPS) is 19.3. The molecule has 1 fully saturated rings. The summed E-state index contributed by atoms with van der Waals surface area (Å²) >= 11 is 5.97. The predicted octanol–water partition coefficient (Wildman–Crippen LogP) is 7.35. The molecule has 0 spiro atoms. The van der Waals surface area contributed by atoms with Crippen LogP contribution in [0.2, 0.25) is 5.02 Å². The summed E-state index contributed by atoms with van der Waals surface area (Å²) in [5.41, 5.74) is 2.60. The molecule has 7 rings (SSSR count). The third-order valence-electron chi connectivity index (χ3n) is 8.86. The van der Waals surface area contributed by atoms with Gasteiger partial charge in [0.2, 0.25) is 5.82 Å². The van der Waals surface area contributed by atoms with Crippen LogP contribution >= 0.6 is 11.6 Å². The molecule has 0 aliphatic carbocycles. The zero-order valence-electron chi connectivity index (χ0n) is 26.2. The number of pyridine rings is 1. The smallest absolute Gasteiger partial charge is 0.444 e. The second-order valence-electron chi connectivity index (χ2n) is 12.2. The van der Waals surface area contributed by atoms with Crippen molar-refractivity contribution in [2.24, 2.45) is 0 Å². The number of halogens is 5. The van der Waals surface area contributed by atoms with Gasteiger partial charge >= 0.3 is 12.1 Å². The van der Waals surface area contributed by atoms with Crippen LogP contribution in [0.3, 0.4) is 0 Å². The summed E-state index contributed by atoms with van der Waals surface area (Å²) in [4.78, 5) is 15.1. The molecule has 5 heterocycles. The lowest BCUT2D eigenvalue weighted by molar-refractivity contribution is -0.159. The summed E-state index contributed by atoms with van der Waals surface area (Å²) in [6, 6.07) is 11.8. The van der Waals surface area contributed by atoms with Gasteiger partial charge in [-0.1, -0.05) is 28.9 Å². The molecule has 0 amide bonds. The zero-order valence-corrected chi connectivity index (χ0v) is 27.0. The van der Waals surface area contributed by atoms with E-state index >= 15 is 0 Å². The third kappa shape index (κ3) is 6.08. The average molecular weight is 687 g/mol. The molecule has 252 valence electrons. The summed E-state index contributed by atoms with van der Waals surface area (Å²) in [5, 5.41) is 3.77. The number of para-hydroxylation sites is 1. The molecule has 0 N–H and O–H groups in total. The second-order valence-corrected chi connectivity index (χ2v) is 12.6. The highest BCUT2D eigenvalue weighted by Gasteiger charge is 2.43. The lowest BCUT2D eigenvalue weighted by atomic mass is 9.88. The standard InChI is InChI=1S/C33H31ClF4N6O4/c1-18(45-3)16-44-27(40-25-13-20(15-39-30(25)44)29-41-31(48-42-29)33(36,37)38)17-43-11-9-19(10-12-43)22-5-4-6-26-28(22)47-32(2,46-26)23-8-7-21(34)14-24(23)35/h4-8,13-15,18-19H,9-12,16-17H2,1-3H3/t18-,32?/m0/s1. The topological polar surface area (TPSA) is 101 Å². The number of likely N-dealkylation sites (tertiary alicyclic amines) is 1. The van der Waals surface area contributed by atoms with Crippen LogP contribution in [-0.2, 0) is 29.8 Å². The Morgan fingerprint density at radius 3 is 2.60 bits per heavy atom. The van der Waals surface area contributed by atoms with Gasteiger partial charge in [-0.2, -0.15) is 18.2 Å². The number of alkyl halides is 3. The van der Waals surface area contributed by atoms with Gasteiger partial charge in [0, 0.05) is 36.4 Å². The van der Waals surface area contributed by atoms with Gasteiger partial charge in [0.1, 0.15) is 17.2 Å². The van der Waals surface area contributed by atoms with Gasteiger partial charge in [-0.05, 0) is 69.1 Å². The molecule has 2 aliphatic heterocycles. The van der Waals surface area contributed by atoms with E-state index in [-0.39, 0.29) is 29.0 Å². The quantitative estimate of drug-likeness (QED) is 0.155. The first kappa shape index (κ1) is 32.3. The molecule has 48 heavy (non-hydrogen) atoms. The average Bonchev–Trinajstić information content (AvgIpc) is 3.77.